The molecule has 2 aromatic heterocycles. The second kappa shape index (κ2) is 9.55. The standard InChI is InChI=1S/C29H28N4OS/c35-29-31-27(25-13-6-7-19-30-25)28(26-14-8-20-32(26)21-9-4-5-10-21)33(29)22-15-17-24(18-16-22)34-23-11-2-1-3-12-23/h1-3,6-8,11-21,27-28H,4-5,9-10H2,(H,31,35)/t27-,28-/m0/s1. The molecule has 0 unspecified atom stereocenters. The summed E-state index contributed by atoms with van der Waals surface area (Å²) < 4.78 is 8.49. The number of rotatable bonds is 6. The average molecular weight is 481 g/mol. The van der Waals surface area contributed by atoms with Gasteiger partial charge in [-0.1, -0.05) is 37.1 Å². The van der Waals surface area contributed by atoms with Crippen LogP contribution in [0.5, 0.6) is 11.5 Å². The topological polar surface area (TPSA) is 42.3 Å². The number of hydrogen-bond acceptors (Lipinski definition) is 3. The maximum atomic E-state index is 6.02. The van der Waals surface area contributed by atoms with Crippen LogP contribution in [0.4, 0.5) is 5.69 Å². The number of aromatic nitrogens is 2. The minimum Gasteiger partial charge on any atom is -0.457 e. The summed E-state index contributed by atoms with van der Waals surface area (Å²) in [6, 6.07) is 29.0. The van der Waals surface area contributed by atoms with E-state index in [1.165, 1.54) is 31.4 Å². The quantitative estimate of drug-likeness (QED) is 0.302. The molecule has 1 aliphatic carbocycles. The molecular weight excluding hydrogens is 452 g/mol. The Balaban J connectivity index is 1.37. The van der Waals surface area contributed by atoms with Gasteiger partial charge in [0.05, 0.1) is 11.7 Å². The maximum absolute atomic E-state index is 6.02. The summed E-state index contributed by atoms with van der Waals surface area (Å²) in [5, 5.41) is 4.29. The van der Waals surface area contributed by atoms with E-state index in [4.69, 9.17) is 21.9 Å². The first-order valence-electron chi connectivity index (χ1n) is 12.3. The number of thiocarbonyl (C=S) groups is 1. The summed E-state index contributed by atoms with van der Waals surface area (Å²) in [5.41, 5.74) is 3.29. The first kappa shape index (κ1) is 21.9. The van der Waals surface area contributed by atoms with Crippen molar-refractivity contribution in [1.82, 2.24) is 14.9 Å². The molecule has 1 aliphatic heterocycles. The lowest BCUT2D eigenvalue weighted by molar-refractivity contribution is 0.461. The van der Waals surface area contributed by atoms with Crippen LogP contribution < -0.4 is 15.0 Å². The molecule has 1 saturated heterocycles. The second-order valence-electron chi connectivity index (χ2n) is 9.18. The highest BCUT2D eigenvalue weighted by atomic mass is 32.1. The molecule has 5 nitrogen and oxygen atoms in total. The van der Waals surface area contributed by atoms with Gasteiger partial charge in [0.1, 0.15) is 17.5 Å². The average Bonchev–Trinajstić information content (AvgIpc) is 3.65. The number of nitrogens with zero attached hydrogens (tertiary/aromatic N) is 3. The Kier molecular flexibility index (Phi) is 5.96. The highest BCUT2D eigenvalue weighted by molar-refractivity contribution is 7.80. The smallest absolute Gasteiger partial charge is 0.174 e. The zero-order chi connectivity index (χ0) is 23.6. The molecule has 4 aromatic rings. The van der Waals surface area contributed by atoms with Gasteiger partial charge in [-0.05, 0) is 85.7 Å². The summed E-state index contributed by atoms with van der Waals surface area (Å²) in [6.45, 7) is 0. The van der Waals surface area contributed by atoms with Crippen molar-refractivity contribution >= 4 is 23.0 Å². The van der Waals surface area contributed by atoms with Crippen LogP contribution in [0, 0.1) is 0 Å². The van der Waals surface area contributed by atoms with E-state index in [1.807, 2.05) is 60.8 Å². The fraction of sp³-hybridized carbons (Fsp3) is 0.241. The van der Waals surface area contributed by atoms with E-state index in [2.05, 4.69) is 51.3 Å². The van der Waals surface area contributed by atoms with Crippen LogP contribution in [0.1, 0.15) is 55.2 Å². The second-order valence-corrected chi connectivity index (χ2v) is 9.57. The van der Waals surface area contributed by atoms with Crippen LogP contribution in [0.25, 0.3) is 0 Å². The molecule has 6 heteroatoms. The lowest BCUT2D eigenvalue weighted by atomic mass is 10.00. The third kappa shape index (κ3) is 4.30. The van der Waals surface area contributed by atoms with Crippen LogP contribution in [-0.2, 0) is 0 Å². The molecule has 2 fully saturated rings. The molecule has 6 rings (SSSR count). The van der Waals surface area contributed by atoms with Crippen molar-refractivity contribution in [2.45, 2.75) is 43.8 Å². The van der Waals surface area contributed by atoms with Crippen molar-refractivity contribution in [3.63, 3.8) is 0 Å². The van der Waals surface area contributed by atoms with Gasteiger partial charge in [-0.15, -0.1) is 0 Å². The SMILES string of the molecule is S=C1N[C@@H](c2ccccn2)[C@H](c2cccn2C2CCCC2)N1c1ccc(Oc2ccccc2)cc1. The molecule has 0 radical (unpaired) electrons. The van der Waals surface area contributed by atoms with Crippen LogP contribution in [0.2, 0.25) is 0 Å². The number of pyridine rings is 1. The number of anilines is 1. The highest BCUT2D eigenvalue weighted by Crippen LogP contribution is 2.44. The Bertz CT molecular complexity index is 1280. The van der Waals surface area contributed by atoms with Crippen molar-refractivity contribution in [3.05, 3.63) is 109 Å². The third-order valence-corrected chi connectivity index (χ3v) is 7.34. The number of benzene rings is 2. The van der Waals surface area contributed by atoms with Gasteiger partial charge in [0.25, 0.3) is 0 Å². The van der Waals surface area contributed by atoms with Crippen molar-refractivity contribution < 1.29 is 4.74 Å². The minimum atomic E-state index is -0.0426. The monoisotopic (exact) mass is 480 g/mol. The molecule has 2 aliphatic rings. The van der Waals surface area contributed by atoms with Gasteiger partial charge in [0.2, 0.25) is 0 Å². The number of ether oxygens (including phenoxy) is 1. The van der Waals surface area contributed by atoms with Crippen LogP contribution >= 0.6 is 12.2 Å². The van der Waals surface area contributed by atoms with Crippen LogP contribution in [0.15, 0.2) is 97.3 Å². The van der Waals surface area contributed by atoms with E-state index in [1.54, 1.807) is 0 Å². The Labute approximate surface area is 211 Å². The van der Waals surface area contributed by atoms with Crippen molar-refractivity contribution in [2.75, 3.05) is 4.90 Å². The van der Waals surface area contributed by atoms with E-state index < -0.39 is 0 Å². The molecule has 0 amide bonds. The Morgan fingerprint density at radius 1 is 0.829 bits per heavy atom. The lowest BCUT2D eigenvalue weighted by Crippen LogP contribution is -2.30. The zero-order valence-electron chi connectivity index (χ0n) is 19.5. The molecule has 3 heterocycles. The molecule has 2 aromatic carbocycles. The van der Waals surface area contributed by atoms with E-state index in [0.717, 1.165) is 22.9 Å². The normalized spacial score (nSPS) is 20.2. The molecule has 0 bridgehead atoms. The van der Waals surface area contributed by atoms with Crippen LogP contribution in [0.3, 0.4) is 0 Å². The van der Waals surface area contributed by atoms with Gasteiger partial charge >= 0.3 is 0 Å². The first-order valence-corrected chi connectivity index (χ1v) is 12.7. The van der Waals surface area contributed by atoms with E-state index in [-0.39, 0.29) is 12.1 Å². The Hall–Kier alpha value is -3.64. The fourth-order valence-electron chi connectivity index (χ4n) is 5.41. The number of nitrogens with one attached hydrogen (secondary N) is 1. The summed E-state index contributed by atoms with van der Waals surface area (Å²) in [4.78, 5) is 6.93. The molecular formula is C29H28N4OS. The zero-order valence-corrected chi connectivity index (χ0v) is 20.3. The summed E-state index contributed by atoms with van der Waals surface area (Å²) in [5.74, 6) is 1.62. The molecule has 35 heavy (non-hydrogen) atoms. The molecule has 1 N–H and O–H groups in total. The summed E-state index contributed by atoms with van der Waals surface area (Å²) in [6.07, 6.45) is 9.13. The first-order chi connectivity index (χ1) is 17.3. The van der Waals surface area contributed by atoms with Gasteiger partial charge < -0.3 is 19.5 Å². The van der Waals surface area contributed by atoms with E-state index in [9.17, 15) is 0 Å². The lowest BCUT2D eigenvalue weighted by Gasteiger charge is -2.30. The van der Waals surface area contributed by atoms with Gasteiger partial charge in [-0.25, -0.2) is 0 Å². The predicted octanol–water partition coefficient (Wildman–Crippen LogP) is 6.97. The van der Waals surface area contributed by atoms with E-state index in [0.29, 0.717) is 11.2 Å². The molecule has 2 atom stereocenters. The Morgan fingerprint density at radius 2 is 1.57 bits per heavy atom. The maximum Gasteiger partial charge on any atom is 0.174 e. The van der Waals surface area contributed by atoms with E-state index >= 15 is 0 Å². The highest BCUT2D eigenvalue weighted by Gasteiger charge is 2.42. The largest absolute Gasteiger partial charge is 0.457 e. The fourth-order valence-corrected chi connectivity index (χ4v) is 5.75. The number of hydrogen-bond donors (Lipinski definition) is 1. The molecule has 176 valence electrons. The third-order valence-electron chi connectivity index (χ3n) is 7.02. The van der Waals surface area contributed by atoms with Crippen molar-refractivity contribution in [2.24, 2.45) is 0 Å². The predicted molar refractivity (Wildman–Crippen MR) is 143 cm³/mol. The van der Waals surface area contributed by atoms with Gasteiger partial charge in [-0.2, -0.15) is 0 Å². The summed E-state index contributed by atoms with van der Waals surface area (Å²) >= 11 is 5.91. The van der Waals surface area contributed by atoms with Crippen molar-refractivity contribution in [3.8, 4) is 11.5 Å². The minimum absolute atomic E-state index is 0.00566. The molecule has 1 saturated carbocycles. The van der Waals surface area contributed by atoms with Gasteiger partial charge in [0, 0.05) is 29.8 Å². The van der Waals surface area contributed by atoms with Crippen LogP contribution in [-0.4, -0.2) is 14.7 Å². The summed E-state index contributed by atoms with van der Waals surface area (Å²) in [7, 11) is 0. The number of para-hydroxylation sites is 1. The van der Waals surface area contributed by atoms with Gasteiger partial charge in [-0.3, -0.25) is 4.98 Å². The van der Waals surface area contributed by atoms with Gasteiger partial charge in [0.15, 0.2) is 5.11 Å². The Morgan fingerprint density at radius 3 is 2.31 bits per heavy atom. The molecule has 0 spiro atoms. The van der Waals surface area contributed by atoms with Crippen molar-refractivity contribution in [1.29, 1.82) is 0 Å².